The lowest BCUT2D eigenvalue weighted by atomic mass is 10.2. The molecule has 0 aromatic carbocycles. The first-order valence-corrected chi connectivity index (χ1v) is 6.85. The molecule has 0 bridgehead atoms. The summed E-state index contributed by atoms with van der Waals surface area (Å²) in [6.45, 7) is 1.89. The number of rotatable bonds is 5. The summed E-state index contributed by atoms with van der Waals surface area (Å²) in [6, 6.07) is 8.56. The van der Waals surface area contributed by atoms with Crippen LogP contribution >= 0.6 is 0 Å². The summed E-state index contributed by atoms with van der Waals surface area (Å²) < 4.78 is 0. The predicted molar refractivity (Wildman–Crippen MR) is 79.8 cm³/mol. The first-order valence-electron chi connectivity index (χ1n) is 6.85. The zero-order chi connectivity index (χ0) is 14.5. The minimum Gasteiger partial charge on any atom is -0.305 e. The van der Waals surface area contributed by atoms with Crippen LogP contribution in [0.2, 0.25) is 0 Å². The van der Waals surface area contributed by atoms with Crippen LogP contribution in [0.15, 0.2) is 36.7 Å². The molecule has 0 aliphatic carbocycles. The SMILES string of the molecule is CN(C)Cc1ccc(-c2ccc(CN(C)C)c[nH+]2)[nH+]c1. The van der Waals surface area contributed by atoms with E-state index in [2.05, 4.69) is 84.6 Å². The molecule has 2 aromatic heterocycles. The molecular weight excluding hydrogens is 248 g/mol. The standard InChI is InChI=1S/C16H22N4/c1-19(2)11-13-5-7-15(17-9-13)16-8-6-14(10-18-16)12-20(3)4/h5-10H,11-12H2,1-4H3/p+2. The molecule has 2 heterocycles. The second-order valence-corrected chi connectivity index (χ2v) is 5.70. The number of nitrogens with one attached hydrogen (secondary N) is 2. The highest BCUT2D eigenvalue weighted by molar-refractivity contribution is 5.46. The van der Waals surface area contributed by atoms with Crippen LogP contribution in [0.5, 0.6) is 0 Å². The number of pyridine rings is 2. The van der Waals surface area contributed by atoms with Gasteiger partial charge in [0.15, 0.2) is 12.4 Å². The lowest BCUT2D eigenvalue weighted by molar-refractivity contribution is -0.403. The third-order valence-corrected chi connectivity index (χ3v) is 3.04. The van der Waals surface area contributed by atoms with Gasteiger partial charge in [0.05, 0.1) is 0 Å². The van der Waals surface area contributed by atoms with E-state index >= 15 is 0 Å². The van der Waals surface area contributed by atoms with Crippen molar-refractivity contribution in [1.82, 2.24) is 9.80 Å². The van der Waals surface area contributed by atoms with E-state index in [0.717, 1.165) is 24.5 Å². The van der Waals surface area contributed by atoms with Crippen molar-refractivity contribution < 1.29 is 9.97 Å². The van der Waals surface area contributed by atoms with Gasteiger partial charge in [-0.15, -0.1) is 0 Å². The van der Waals surface area contributed by atoms with Crippen molar-refractivity contribution in [1.29, 1.82) is 0 Å². The van der Waals surface area contributed by atoms with E-state index in [0.29, 0.717) is 0 Å². The summed E-state index contributed by atoms with van der Waals surface area (Å²) >= 11 is 0. The third-order valence-electron chi connectivity index (χ3n) is 3.04. The summed E-state index contributed by atoms with van der Waals surface area (Å²) in [5, 5.41) is 0. The smallest absolute Gasteiger partial charge is 0.275 e. The molecule has 0 saturated carbocycles. The van der Waals surface area contributed by atoms with Crippen molar-refractivity contribution in [3.63, 3.8) is 0 Å². The molecule has 0 radical (unpaired) electrons. The molecule has 0 aliphatic rings. The predicted octanol–water partition coefficient (Wildman–Crippen LogP) is 1.10. The molecule has 0 spiro atoms. The van der Waals surface area contributed by atoms with E-state index in [1.807, 2.05) is 0 Å². The van der Waals surface area contributed by atoms with Crippen molar-refractivity contribution in [2.45, 2.75) is 13.1 Å². The van der Waals surface area contributed by atoms with Crippen molar-refractivity contribution >= 4 is 0 Å². The van der Waals surface area contributed by atoms with Crippen LogP contribution in [-0.2, 0) is 13.1 Å². The van der Waals surface area contributed by atoms with Gasteiger partial charge in [-0.2, -0.15) is 0 Å². The average molecular weight is 272 g/mol. The quantitative estimate of drug-likeness (QED) is 0.817. The van der Waals surface area contributed by atoms with Crippen LogP contribution in [0, 0.1) is 0 Å². The molecule has 2 aromatic rings. The normalized spacial score (nSPS) is 11.3. The summed E-state index contributed by atoms with van der Waals surface area (Å²) in [4.78, 5) is 11.0. The maximum Gasteiger partial charge on any atom is 0.275 e. The van der Waals surface area contributed by atoms with Gasteiger partial charge in [-0.1, -0.05) is 0 Å². The maximum absolute atomic E-state index is 3.35. The minimum atomic E-state index is 0.947. The monoisotopic (exact) mass is 272 g/mol. The molecule has 4 nitrogen and oxygen atoms in total. The maximum atomic E-state index is 3.35. The highest BCUT2D eigenvalue weighted by Crippen LogP contribution is 2.10. The van der Waals surface area contributed by atoms with Crippen LogP contribution < -0.4 is 9.97 Å². The number of hydrogen-bond acceptors (Lipinski definition) is 2. The number of aromatic nitrogens is 2. The molecular formula is C16H24N4+2. The molecule has 0 amide bonds. The molecule has 0 saturated heterocycles. The van der Waals surface area contributed by atoms with Gasteiger partial charge in [-0.3, -0.25) is 0 Å². The zero-order valence-corrected chi connectivity index (χ0v) is 12.8. The van der Waals surface area contributed by atoms with E-state index in [1.54, 1.807) is 0 Å². The van der Waals surface area contributed by atoms with Gasteiger partial charge in [0.1, 0.15) is 0 Å². The Kier molecular flexibility index (Phi) is 4.82. The first kappa shape index (κ1) is 14.6. The van der Waals surface area contributed by atoms with Gasteiger partial charge in [0, 0.05) is 36.3 Å². The van der Waals surface area contributed by atoms with Gasteiger partial charge < -0.3 is 9.80 Å². The fourth-order valence-electron chi connectivity index (χ4n) is 2.18. The molecule has 2 N–H and O–H groups in total. The Bertz CT molecular complexity index is 478. The average Bonchev–Trinajstić information content (AvgIpc) is 2.39. The van der Waals surface area contributed by atoms with Gasteiger partial charge in [0.25, 0.3) is 11.4 Å². The van der Waals surface area contributed by atoms with Crippen LogP contribution in [0.3, 0.4) is 0 Å². The fraction of sp³-hybridized carbons (Fsp3) is 0.375. The summed E-state index contributed by atoms with van der Waals surface area (Å²) in [5.74, 6) is 0. The first-order chi connectivity index (χ1) is 9.54. The van der Waals surface area contributed by atoms with Crippen molar-refractivity contribution in [3.05, 3.63) is 47.8 Å². The van der Waals surface area contributed by atoms with E-state index in [1.165, 1.54) is 11.1 Å². The number of aromatic amines is 2. The molecule has 0 unspecified atom stereocenters. The molecule has 4 heteroatoms. The minimum absolute atomic E-state index is 0.947. The van der Waals surface area contributed by atoms with E-state index in [-0.39, 0.29) is 0 Å². The van der Waals surface area contributed by atoms with Gasteiger partial charge in [-0.25, -0.2) is 9.97 Å². The second kappa shape index (κ2) is 6.59. The Morgan fingerprint density at radius 1 is 0.700 bits per heavy atom. The van der Waals surface area contributed by atoms with Crippen LogP contribution in [0.1, 0.15) is 11.1 Å². The molecule has 106 valence electrons. The fourth-order valence-corrected chi connectivity index (χ4v) is 2.18. The molecule has 0 atom stereocenters. The number of nitrogens with zero attached hydrogens (tertiary/aromatic N) is 2. The van der Waals surface area contributed by atoms with Crippen LogP contribution in [-0.4, -0.2) is 38.0 Å². The van der Waals surface area contributed by atoms with Gasteiger partial charge in [-0.05, 0) is 40.3 Å². The van der Waals surface area contributed by atoms with Gasteiger partial charge in [0.2, 0.25) is 0 Å². The third kappa shape index (κ3) is 4.11. The lowest BCUT2D eigenvalue weighted by Gasteiger charge is -2.07. The van der Waals surface area contributed by atoms with E-state index < -0.39 is 0 Å². The highest BCUT2D eigenvalue weighted by Gasteiger charge is 2.13. The second-order valence-electron chi connectivity index (χ2n) is 5.70. The Balaban J connectivity index is 2.11. The van der Waals surface area contributed by atoms with Crippen molar-refractivity contribution in [2.24, 2.45) is 0 Å². The van der Waals surface area contributed by atoms with Crippen molar-refractivity contribution in [2.75, 3.05) is 28.2 Å². The van der Waals surface area contributed by atoms with E-state index in [4.69, 9.17) is 0 Å². The summed E-state index contributed by atoms with van der Waals surface area (Å²) in [7, 11) is 8.30. The Morgan fingerprint density at radius 3 is 1.35 bits per heavy atom. The Hall–Kier alpha value is -1.78. The highest BCUT2D eigenvalue weighted by atomic mass is 15.1. The number of H-pyrrole nitrogens is 2. The van der Waals surface area contributed by atoms with Gasteiger partial charge >= 0.3 is 0 Å². The van der Waals surface area contributed by atoms with Crippen LogP contribution in [0.25, 0.3) is 11.4 Å². The van der Waals surface area contributed by atoms with Crippen LogP contribution in [0.4, 0.5) is 0 Å². The van der Waals surface area contributed by atoms with Crippen molar-refractivity contribution in [3.8, 4) is 11.4 Å². The molecule has 0 fully saturated rings. The summed E-state index contributed by atoms with van der Waals surface area (Å²) in [5.41, 5.74) is 4.76. The molecule has 2 rings (SSSR count). The number of hydrogen-bond donors (Lipinski definition) is 0. The topological polar surface area (TPSA) is 34.8 Å². The zero-order valence-electron chi connectivity index (χ0n) is 12.8. The molecule has 0 aliphatic heterocycles. The Morgan fingerprint density at radius 2 is 1.10 bits per heavy atom. The molecule has 20 heavy (non-hydrogen) atoms. The van der Waals surface area contributed by atoms with E-state index in [9.17, 15) is 0 Å². The lowest BCUT2D eigenvalue weighted by Crippen LogP contribution is -2.19. The summed E-state index contributed by atoms with van der Waals surface area (Å²) in [6.07, 6.45) is 4.13. The largest absolute Gasteiger partial charge is 0.305 e. The Labute approximate surface area is 121 Å².